The van der Waals surface area contributed by atoms with E-state index in [9.17, 15) is 17.6 Å². The van der Waals surface area contributed by atoms with E-state index < -0.39 is 32.3 Å². The van der Waals surface area contributed by atoms with Crippen molar-refractivity contribution in [1.29, 1.82) is 0 Å². The highest BCUT2D eigenvalue weighted by Gasteiger charge is 2.23. The molecule has 1 aromatic carbocycles. The van der Waals surface area contributed by atoms with Gasteiger partial charge in [-0.2, -0.15) is 4.98 Å². The van der Waals surface area contributed by atoms with E-state index in [0.717, 1.165) is 12.1 Å². The van der Waals surface area contributed by atoms with Crippen LogP contribution in [-0.2, 0) is 15.6 Å². The second-order valence-electron chi connectivity index (χ2n) is 3.94. The Morgan fingerprint density at radius 1 is 1.45 bits per heavy atom. The van der Waals surface area contributed by atoms with Crippen LogP contribution >= 0.6 is 0 Å². The summed E-state index contributed by atoms with van der Waals surface area (Å²) in [5.41, 5.74) is -0.338. The van der Waals surface area contributed by atoms with Crippen LogP contribution in [0.15, 0.2) is 27.6 Å². The van der Waals surface area contributed by atoms with Gasteiger partial charge in [-0.1, -0.05) is 5.16 Å². The van der Waals surface area contributed by atoms with Gasteiger partial charge in [0.1, 0.15) is 16.5 Å². The maximum absolute atomic E-state index is 13.7. The number of aryl methyl sites for hydroxylation is 1. The molecule has 0 aliphatic heterocycles. The van der Waals surface area contributed by atoms with Crippen molar-refractivity contribution >= 4 is 15.8 Å². The molecule has 0 unspecified atom stereocenters. The number of hydrogen-bond donors (Lipinski definition) is 1. The van der Waals surface area contributed by atoms with Gasteiger partial charge in [0.2, 0.25) is 5.89 Å². The van der Waals surface area contributed by atoms with Crippen molar-refractivity contribution in [1.82, 2.24) is 10.1 Å². The van der Waals surface area contributed by atoms with Crippen molar-refractivity contribution in [2.75, 3.05) is 0 Å². The number of benzene rings is 1. The Labute approximate surface area is 113 Å². The molecule has 0 fully saturated rings. The molecule has 2 rings (SSSR count). The lowest BCUT2D eigenvalue weighted by molar-refractivity contribution is 0.0696. The SMILES string of the molecule is Cc1noc(CS(=O)(=O)c2ccc(C(=O)O)cc2F)n1. The fraction of sp³-hybridized carbons (Fsp3) is 0.182. The minimum Gasteiger partial charge on any atom is -0.478 e. The van der Waals surface area contributed by atoms with E-state index in [1.165, 1.54) is 6.92 Å². The average Bonchev–Trinajstić information content (AvgIpc) is 2.73. The summed E-state index contributed by atoms with van der Waals surface area (Å²) in [5, 5.41) is 12.1. The molecule has 0 aliphatic carbocycles. The second-order valence-corrected chi connectivity index (χ2v) is 5.90. The van der Waals surface area contributed by atoms with Gasteiger partial charge in [0.05, 0.1) is 5.56 Å². The number of halogens is 1. The van der Waals surface area contributed by atoms with Gasteiger partial charge in [0.25, 0.3) is 0 Å². The molecular weight excluding hydrogens is 291 g/mol. The van der Waals surface area contributed by atoms with Crippen LogP contribution < -0.4 is 0 Å². The monoisotopic (exact) mass is 300 g/mol. The van der Waals surface area contributed by atoms with Crippen LogP contribution in [0.25, 0.3) is 0 Å². The molecule has 7 nitrogen and oxygen atoms in total. The molecule has 0 aliphatic rings. The minimum absolute atomic E-state index is 0.163. The van der Waals surface area contributed by atoms with Crippen molar-refractivity contribution in [3.8, 4) is 0 Å². The Morgan fingerprint density at radius 3 is 2.65 bits per heavy atom. The summed E-state index contributed by atoms with van der Waals surface area (Å²) in [5.74, 6) is -3.04. The van der Waals surface area contributed by atoms with E-state index in [0.29, 0.717) is 6.07 Å². The predicted molar refractivity (Wildman–Crippen MR) is 63.3 cm³/mol. The third-order valence-corrected chi connectivity index (χ3v) is 4.03. The summed E-state index contributed by atoms with van der Waals surface area (Å²) in [6.45, 7) is 1.52. The standard InChI is InChI=1S/C11H9FN2O5S/c1-6-13-10(19-14-6)5-20(17,18)9-3-2-7(11(15)16)4-8(9)12/h2-4H,5H2,1H3,(H,15,16). The summed E-state index contributed by atoms with van der Waals surface area (Å²) in [6.07, 6.45) is 0. The van der Waals surface area contributed by atoms with Gasteiger partial charge in [-0.15, -0.1) is 0 Å². The molecule has 0 saturated carbocycles. The normalized spacial score (nSPS) is 11.5. The molecular formula is C11H9FN2O5S. The van der Waals surface area contributed by atoms with E-state index in [2.05, 4.69) is 14.7 Å². The number of carbonyl (C=O) groups is 1. The molecule has 1 aromatic heterocycles. The van der Waals surface area contributed by atoms with Crippen LogP contribution in [0.3, 0.4) is 0 Å². The van der Waals surface area contributed by atoms with Gasteiger partial charge in [-0.3, -0.25) is 0 Å². The number of sulfone groups is 1. The average molecular weight is 300 g/mol. The van der Waals surface area contributed by atoms with Crippen molar-refractivity contribution in [3.63, 3.8) is 0 Å². The Balaban J connectivity index is 2.37. The van der Waals surface area contributed by atoms with Crippen LogP contribution in [-0.4, -0.2) is 29.6 Å². The van der Waals surface area contributed by atoms with E-state index in [-0.39, 0.29) is 17.3 Å². The number of aromatic nitrogens is 2. The number of carboxylic acids is 1. The van der Waals surface area contributed by atoms with E-state index in [4.69, 9.17) is 5.11 Å². The number of aromatic carboxylic acids is 1. The van der Waals surface area contributed by atoms with Crippen molar-refractivity contribution < 1.29 is 27.2 Å². The smallest absolute Gasteiger partial charge is 0.335 e. The maximum Gasteiger partial charge on any atom is 0.335 e. The number of nitrogens with zero attached hydrogens (tertiary/aromatic N) is 2. The quantitative estimate of drug-likeness (QED) is 0.902. The lowest BCUT2D eigenvalue weighted by Crippen LogP contribution is -2.09. The molecule has 1 N–H and O–H groups in total. The maximum atomic E-state index is 13.7. The molecule has 20 heavy (non-hydrogen) atoms. The summed E-state index contributed by atoms with van der Waals surface area (Å²) in [6, 6.07) is 2.56. The fourth-order valence-electron chi connectivity index (χ4n) is 1.53. The molecule has 0 amide bonds. The summed E-state index contributed by atoms with van der Waals surface area (Å²) < 4.78 is 42.4. The molecule has 1 heterocycles. The molecule has 2 aromatic rings. The molecule has 0 saturated heterocycles. The lowest BCUT2D eigenvalue weighted by Gasteiger charge is -2.04. The van der Waals surface area contributed by atoms with Crippen LogP contribution in [0.1, 0.15) is 22.1 Å². The zero-order valence-electron chi connectivity index (χ0n) is 10.2. The fourth-order valence-corrected chi connectivity index (χ4v) is 2.75. The first-order valence-corrected chi connectivity index (χ1v) is 6.99. The number of carboxylic acid groups (broad SMARTS) is 1. The van der Waals surface area contributed by atoms with Gasteiger partial charge < -0.3 is 9.63 Å². The Morgan fingerprint density at radius 2 is 2.15 bits per heavy atom. The Bertz CT molecular complexity index is 769. The topological polar surface area (TPSA) is 110 Å². The van der Waals surface area contributed by atoms with E-state index in [1.807, 2.05) is 0 Å². The first-order chi connectivity index (χ1) is 9.29. The molecule has 0 radical (unpaired) electrons. The van der Waals surface area contributed by atoms with Crippen LogP contribution in [0, 0.1) is 12.7 Å². The van der Waals surface area contributed by atoms with Crippen molar-refractivity contribution in [3.05, 3.63) is 41.3 Å². The Kier molecular flexibility index (Phi) is 3.53. The van der Waals surface area contributed by atoms with Crippen molar-refractivity contribution in [2.24, 2.45) is 0 Å². The van der Waals surface area contributed by atoms with E-state index >= 15 is 0 Å². The van der Waals surface area contributed by atoms with Gasteiger partial charge in [-0.25, -0.2) is 17.6 Å². The Hall–Kier alpha value is -2.29. The second kappa shape index (κ2) is 5.00. The summed E-state index contributed by atoms with van der Waals surface area (Å²) in [7, 11) is -4.04. The highest BCUT2D eigenvalue weighted by molar-refractivity contribution is 7.90. The van der Waals surface area contributed by atoms with Gasteiger partial charge >= 0.3 is 5.97 Å². The zero-order chi connectivity index (χ0) is 14.9. The first kappa shape index (κ1) is 14.1. The summed E-state index contributed by atoms with van der Waals surface area (Å²) in [4.78, 5) is 13.8. The highest BCUT2D eigenvalue weighted by Crippen LogP contribution is 2.20. The molecule has 0 atom stereocenters. The third-order valence-electron chi connectivity index (χ3n) is 2.40. The first-order valence-electron chi connectivity index (χ1n) is 5.34. The highest BCUT2D eigenvalue weighted by atomic mass is 32.2. The number of hydrogen-bond acceptors (Lipinski definition) is 6. The van der Waals surface area contributed by atoms with Gasteiger partial charge in [-0.05, 0) is 25.1 Å². The molecule has 9 heteroatoms. The molecule has 0 bridgehead atoms. The largest absolute Gasteiger partial charge is 0.478 e. The molecule has 106 valence electrons. The van der Waals surface area contributed by atoms with Gasteiger partial charge in [0, 0.05) is 0 Å². The van der Waals surface area contributed by atoms with Crippen LogP contribution in [0.4, 0.5) is 4.39 Å². The molecule has 0 spiro atoms. The van der Waals surface area contributed by atoms with Crippen LogP contribution in [0.5, 0.6) is 0 Å². The van der Waals surface area contributed by atoms with Gasteiger partial charge in [0.15, 0.2) is 15.7 Å². The predicted octanol–water partition coefficient (Wildman–Crippen LogP) is 1.19. The lowest BCUT2D eigenvalue weighted by atomic mass is 10.2. The zero-order valence-corrected chi connectivity index (χ0v) is 11.0. The summed E-state index contributed by atoms with van der Waals surface area (Å²) >= 11 is 0. The minimum atomic E-state index is -4.04. The number of rotatable bonds is 4. The van der Waals surface area contributed by atoms with Crippen LogP contribution in [0.2, 0.25) is 0 Å². The van der Waals surface area contributed by atoms with E-state index in [1.54, 1.807) is 0 Å². The third kappa shape index (κ3) is 2.82. The van der Waals surface area contributed by atoms with Crippen molar-refractivity contribution in [2.45, 2.75) is 17.6 Å².